The van der Waals surface area contributed by atoms with E-state index in [2.05, 4.69) is 5.32 Å². The van der Waals surface area contributed by atoms with Crippen molar-refractivity contribution in [2.24, 2.45) is 11.5 Å². The van der Waals surface area contributed by atoms with Crippen LogP contribution in [-0.4, -0.2) is 24.5 Å². The molecule has 1 rings (SSSR count). The van der Waals surface area contributed by atoms with Crippen molar-refractivity contribution in [1.29, 1.82) is 0 Å². The maximum absolute atomic E-state index is 10.5. The second kappa shape index (κ2) is 5.19. The second-order valence-corrected chi connectivity index (χ2v) is 3.79. The van der Waals surface area contributed by atoms with E-state index in [4.69, 9.17) is 11.5 Å². The summed E-state index contributed by atoms with van der Waals surface area (Å²) in [6.07, 6.45) is 4.94. The molecule has 0 saturated heterocycles. The molecule has 0 aromatic rings. The summed E-state index contributed by atoms with van der Waals surface area (Å²) in [6.45, 7) is 0.687. The molecular weight excluding hydrogens is 166 g/mol. The van der Waals surface area contributed by atoms with Crippen LogP contribution in [-0.2, 0) is 4.79 Å². The predicted octanol–water partition coefficient (Wildman–Crippen LogP) is -0.279. The van der Waals surface area contributed by atoms with Crippen LogP contribution in [0.15, 0.2) is 0 Å². The molecule has 1 aliphatic rings. The molecule has 1 fully saturated rings. The SMILES string of the molecule is NC(=O)CCNC1CCCC(N)C1. The van der Waals surface area contributed by atoms with Crippen LogP contribution in [0.25, 0.3) is 0 Å². The zero-order valence-corrected chi connectivity index (χ0v) is 7.96. The summed E-state index contributed by atoms with van der Waals surface area (Å²) in [5, 5.41) is 3.30. The topological polar surface area (TPSA) is 81.1 Å². The van der Waals surface area contributed by atoms with E-state index in [9.17, 15) is 4.79 Å². The van der Waals surface area contributed by atoms with Crippen molar-refractivity contribution in [3.8, 4) is 0 Å². The monoisotopic (exact) mass is 185 g/mol. The van der Waals surface area contributed by atoms with Gasteiger partial charge in [0.2, 0.25) is 5.91 Å². The highest BCUT2D eigenvalue weighted by molar-refractivity contribution is 5.73. The first-order valence-electron chi connectivity index (χ1n) is 4.95. The maximum Gasteiger partial charge on any atom is 0.218 e. The molecule has 5 N–H and O–H groups in total. The molecule has 0 aliphatic heterocycles. The minimum Gasteiger partial charge on any atom is -0.370 e. The largest absolute Gasteiger partial charge is 0.370 e. The summed E-state index contributed by atoms with van der Waals surface area (Å²) in [5.41, 5.74) is 10.9. The van der Waals surface area contributed by atoms with Gasteiger partial charge in [0.15, 0.2) is 0 Å². The lowest BCUT2D eigenvalue weighted by atomic mass is 9.91. The van der Waals surface area contributed by atoms with E-state index in [0.29, 0.717) is 25.0 Å². The molecule has 2 atom stereocenters. The van der Waals surface area contributed by atoms with E-state index in [1.807, 2.05) is 0 Å². The average Bonchev–Trinajstić information content (AvgIpc) is 2.03. The number of hydrogen-bond donors (Lipinski definition) is 3. The highest BCUT2D eigenvalue weighted by Gasteiger charge is 2.18. The van der Waals surface area contributed by atoms with Gasteiger partial charge in [0, 0.05) is 25.0 Å². The summed E-state index contributed by atoms with van der Waals surface area (Å²) in [7, 11) is 0. The van der Waals surface area contributed by atoms with E-state index >= 15 is 0 Å². The number of amides is 1. The van der Waals surface area contributed by atoms with Crippen LogP contribution < -0.4 is 16.8 Å². The lowest BCUT2D eigenvalue weighted by molar-refractivity contribution is -0.117. The van der Waals surface area contributed by atoms with Crippen LogP contribution in [0, 0.1) is 0 Å². The molecule has 0 radical (unpaired) electrons. The Morgan fingerprint density at radius 3 is 2.85 bits per heavy atom. The Hall–Kier alpha value is -0.610. The van der Waals surface area contributed by atoms with Gasteiger partial charge in [0.25, 0.3) is 0 Å². The lowest BCUT2D eigenvalue weighted by Crippen LogP contribution is -2.40. The Morgan fingerprint density at radius 1 is 1.46 bits per heavy atom. The van der Waals surface area contributed by atoms with Crippen LogP contribution >= 0.6 is 0 Å². The summed E-state index contributed by atoms with van der Waals surface area (Å²) in [4.78, 5) is 10.5. The van der Waals surface area contributed by atoms with Crippen LogP contribution in [0.5, 0.6) is 0 Å². The maximum atomic E-state index is 10.5. The normalized spacial score (nSPS) is 28.7. The van der Waals surface area contributed by atoms with Crippen LogP contribution in [0.2, 0.25) is 0 Å². The number of nitrogens with two attached hydrogens (primary N) is 2. The van der Waals surface area contributed by atoms with E-state index in [1.54, 1.807) is 0 Å². The smallest absolute Gasteiger partial charge is 0.218 e. The van der Waals surface area contributed by atoms with Crippen molar-refractivity contribution in [3.63, 3.8) is 0 Å². The highest BCUT2D eigenvalue weighted by Crippen LogP contribution is 2.16. The molecule has 1 amide bonds. The summed E-state index contributed by atoms with van der Waals surface area (Å²) >= 11 is 0. The molecule has 13 heavy (non-hydrogen) atoms. The third kappa shape index (κ3) is 4.24. The van der Waals surface area contributed by atoms with E-state index in [0.717, 1.165) is 12.8 Å². The van der Waals surface area contributed by atoms with Crippen molar-refractivity contribution in [3.05, 3.63) is 0 Å². The van der Waals surface area contributed by atoms with Gasteiger partial charge < -0.3 is 16.8 Å². The fraction of sp³-hybridized carbons (Fsp3) is 0.889. The van der Waals surface area contributed by atoms with Gasteiger partial charge in [-0.05, 0) is 19.3 Å². The molecular formula is C9H19N3O. The van der Waals surface area contributed by atoms with Crippen molar-refractivity contribution in [1.82, 2.24) is 5.32 Å². The number of primary amides is 1. The molecule has 4 nitrogen and oxygen atoms in total. The third-order valence-corrected chi connectivity index (χ3v) is 2.52. The Morgan fingerprint density at radius 2 is 2.23 bits per heavy atom. The van der Waals surface area contributed by atoms with Crippen LogP contribution in [0.3, 0.4) is 0 Å². The lowest BCUT2D eigenvalue weighted by Gasteiger charge is -2.27. The molecule has 0 spiro atoms. The standard InChI is InChI=1S/C9H19N3O/c10-7-2-1-3-8(6-7)12-5-4-9(11)13/h7-8,12H,1-6,10H2,(H2,11,13). The fourth-order valence-electron chi connectivity index (χ4n) is 1.81. The highest BCUT2D eigenvalue weighted by atomic mass is 16.1. The molecule has 1 aliphatic carbocycles. The second-order valence-electron chi connectivity index (χ2n) is 3.79. The van der Waals surface area contributed by atoms with E-state index in [-0.39, 0.29) is 5.91 Å². The van der Waals surface area contributed by atoms with Gasteiger partial charge in [-0.25, -0.2) is 0 Å². The van der Waals surface area contributed by atoms with Crippen molar-refractivity contribution < 1.29 is 4.79 Å². The van der Waals surface area contributed by atoms with Gasteiger partial charge in [-0.2, -0.15) is 0 Å². The first kappa shape index (κ1) is 10.5. The molecule has 4 heteroatoms. The molecule has 0 aromatic heterocycles. The predicted molar refractivity (Wildman–Crippen MR) is 52.0 cm³/mol. The molecule has 0 aromatic carbocycles. The van der Waals surface area contributed by atoms with Crippen molar-refractivity contribution in [2.75, 3.05) is 6.54 Å². The molecule has 2 unspecified atom stereocenters. The summed E-state index contributed by atoms with van der Waals surface area (Å²) in [5.74, 6) is -0.243. The Bertz CT molecular complexity index is 172. The number of carbonyl (C=O) groups is 1. The Kier molecular flexibility index (Phi) is 4.18. The number of carbonyl (C=O) groups excluding carboxylic acids is 1. The van der Waals surface area contributed by atoms with E-state index < -0.39 is 0 Å². The van der Waals surface area contributed by atoms with Crippen molar-refractivity contribution in [2.45, 2.75) is 44.2 Å². The zero-order valence-electron chi connectivity index (χ0n) is 7.96. The molecule has 1 saturated carbocycles. The summed E-state index contributed by atoms with van der Waals surface area (Å²) < 4.78 is 0. The van der Waals surface area contributed by atoms with Gasteiger partial charge >= 0.3 is 0 Å². The first-order chi connectivity index (χ1) is 6.18. The van der Waals surface area contributed by atoms with Gasteiger partial charge in [0.1, 0.15) is 0 Å². The Balaban J connectivity index is 2.10. The van der Waals surface area contributed by atoms with Gasteiger partial charge in [-0.3, -0.25) is 4.79 Å². The quantitative estimate of drug-likeness (QED) is 0.563. The van der Waals surface area contributed by atoms with Crippen LogP contribution in [0.1, 0.15) is 32.1 Å². The van der Waals surface area contributed by atoms with Gasteiger partial charge in [-0.15, -0.1) is 0 Å². The molecule has 0 bridgehead atoms. The molecule has 76 valence electrons. The van der Waals surface area contributed by atoms with Crippen molar-refractivity contribution >= 4 is 5.91 Å². The van der Waals surface area contributed by atoms with E-state index in [1.165, 1.54) is 12.8 Å². The Labute approximate surface area is 79.0 Å². The minimum atomic E-state index is -0.243. The summed E-state index contributed by atoms with van der Waals surface area (Å²) in [6, 6.07) is 0.822. The molecule has 0 heterocycles. The zero-order chi connectivity index (χ0) is 9.68. The van der Waals surface area contributed by atoms with Gasteiger partial charge in [0.05, 0.1) is 0 Å². The minimum absolute atomic E-state index is 0.243. The van der Waals surface area contributed by atoms with Gasteiger partial charge in [-0.1, -0.05) is 6.42 Å². The van der Waals surface area contributed by atoms with Crippen LogP contribution in [0.4, 0.5) is 0 Å². The number of rotatable bonds is 4. The number of hydrogen-bond acceptors (Lipinski definition) is 3. The third-order valence-electron chi connectivity index (χ3n) is 2.52. The first-order valence-corrected chi connectivity index (χ1v) is 4.95. The number of nitrogens with one attached hydrogen (secondary N) is 1. The average molecular weight is 185 g/mol. The fourth-order valence-corrected chi connectivity index (χ4v) is 1.81.